The van der Waals surface area contributed by atoms with Crippen LogP contribution < -0.4 is 0 Å². The molecule has 0 fully saturated rings. The second-order valence-electron chi connectivity index (χ2n) is 0.667. The van der Waals surface area contributed by atoms with E-state index < -0.39 is 9.92 Å². The second kappa shape index (κ2) is 4.56. The van der Waals surface area contributed by atoms with Crippen molar-refractivity contribution in [2.45, 2.75) is 0 Å². The van der Waals surface area contributed by atoms with Crippen LogP contribution in [-0.4, -0.2) is 23.1 Å². The van der Waals surface area contributed by atoms with Crippen molar-refractivity contribution >= 4 is 16.0 Å². The maximum absolute atomic E-state index is 9.23. The van der Waals surface area contributed by atoms with Crippen LogP contribution in [0.5, 0.6) is 0 Å². The molecule has 0 N–H and O–H groups in total. The topological polar surface area (TPSA) is 38.7 Å². The van der Waals surface area contributed by atoms with Crippen molar-refractivity contribution < 1.29 is 9.22 Å². The third-order valence-electron chi connectivity index (χ3n) is 0.258. The van der Waals surface area contributed by atoms with Crippen LogP contribution in [0.4, 0.5) is 0 Å². The summed E-state index contributed by atoms with van der Waals surface area (Å²) in [6.45, 7) is 0. The van der Waals surface area contributed by atoms with E-state index in [1.807, 2.05) is 0 Å². The molecular weight excluding hydrogens is 98.1 g/mol. The van der Waals surface area contributed by atoms with Crippen LogP contribution in [0.2, 0.25) is 0 Å². The first-order valence-corrected chi connectivity index (χ1v) is 2.65. The fraction of sp³-hybridized carbons (Fsp3) is 0.500. The highest BCUT2D eigenvalue weighted by atomic mass is 28.2. The lowest BCUT2D eigenvalue weighted by atomic mass is 11.7. The molecule has 0 rings (SSSR count). The average Bonchev–Trinajstić information content (AvgIpc) is 1.61. The number of isocyanates is 1. The molecular formula is C2H5NO2Si. The fourth-order valence-electron chi connectivity index (χ4n) is 0.0909. The molecule has 0 unspecified atom stereocenters. The van der Waals surface area contributed by atoms with E-state index >= 15 is 0 Å². The van der Waals surface area contributed by atoms with E-state index in [4.69, 9.17) is 0 Å². The quantitative estimate of drug-likeness (QED) is 0.254. The molecule has 0 aromatic rings. The zero-order chi connectivity index (χ0) is 4.83. The Morgan fingerprint density at radius 3 is 2.83 bits per heavy atom. The highest BCUT2D eigenvalue weighted by Gasteiger charge is 1.67. The SMILES string of the molecule is CO[SiH2]N=C=O. The van der Waals surface area contributed by atoms with Crippen LogP contribution in [0.1, 0.15) is 0 Å². The summed E-state index contributed by atoms with van der Waals surface area (Å²) in [6.07, 6.45) is 1.38. The van der Waals surface area contributed by atoms with Gasteiger partial charge in [-0.25, -0.2) is 9.45 Å². The molecule has 0 spiro atoms. The van der Waals surface area contributed by atoms with Gasteiger partial charge in [-0.15, -0.1) is 0 Å². The largest absolute Gasteiger partial charge is 0.405 e. The zero-order valence-electron chi connectivity index (χ0n) is 3.47. The van der Waals surface area contributed by atoms with Gasteiger partial charge >= 0.3 is 9.92 Å². The summed E-state index contributed by atoms with van der Waals surface area (Å²) in [5.41, 5.74) is 0. The fourth-order valence-corrected chi connectivity index (χ4v) is 0.273. The lowest BCUT2D eigenvalue weighted by molar-refractivity contribution is 0.442. The molecule has 0 atom stereocenters. The molecule has 0 aromatic heterocycles. The Morgan fingerprint density at radius 1 is 2.00 bits per heavy atom. The molecule has 0 saturated carbocycles. The van der Waals surface area contributed by atoms with Crippen LogP contribution in [0.25, 0.3) is 0 Å². The zero-order valence-corrected chi connectivity index (χ0v) is 4.89. The van der Waals surface area contributed by atoms with E-state index in [-0.39, 0.29) is 0 Å². The third-order valence-corrected chi connectivity index (χ3v) is 0.775. The van der Waals surface area contributed by atoms with Gasteiger partial charge in [0.25, 0.3) is 0 Å². The lowest BCUT2D eigenvalue weighted by Crippen LogP contribution is -1.85. The van der Waals surface area contributed by atoms with Gasteiger partial charge in [-0.1, -0.05) is 0 Å². The molecule has 3 nitrogen and oxygen atoms in total. The Kier molecular flexibility index (Phi) is 4.22. The molecule has 0 aliphatic heterocycles. The van der Waals surface area contributed by atoms with E-state index in [2.05, 4.69) is 9.08 Å². The van der Waals surface area contributed by atoms with E-state index in [1.165, 1.54) is 13.2 Å². The summed E-state index contributed by atoms with van der Waals surface area (Å²) in [4.78, 5) is 9.23. The summed E-state index contributed by atoms with van der Waals surface area (Å²) in [5.74, 6) is 0. The maximum atomic E-state index is 9.23. The summed E-state index contributed by atoms with van der Waals surface area (Å²) >= 11 is 0. The van der Waals surface area contributed by atoms with Crippen molar-refractivity contribution in [2.24, 2.45) is 4.66 Å². The first-order valence-electron chi connectivity index (χ1n) is 1.44. The number of carbonyl (C=O) groups excluding carboxylic acids is 1. The first-order chi connectivity index (χ1) is 2.91. The van der Waals surface area contributed by atoms with Crippen molar-refractivity contribution in [3.8, 4) is 0 Å². The van der Waals surface area contributed by atoms with Gasteiger partial charge in [0.2, 0.25) is 6.08 Å². The van der Waals surface area contributed by atoms with Crippen molar-refractivity contribution in [3.63, 3.8) is 0 Å². The van der Waals surface area contributed by atoms with Gasteiger partial charge in [0.05, 0.1) is 0 Å². The standard InChI is InChI=1S/C2H5NO2Si/c1-5-6-3-2-4/h6H2,1H3. The van der Waals surface area contributed by atoms with Gasteiger partial charge < -0.3 is 4.43 Å². The number of hydrogen-bond donors (Lipinski definition) is 0. The summed E-state index contributed by atoms with van der Waals surface area (Å²) in [7, 11) is 0.644. The molecule has 0 aliphatic rings. The van der Waals surface area contributed by atoms with Gasteiger partial charge in [-0.2, -0.15) is 0 Å². The van der Waals surface area contributed by atoms with Crippen molar-refractivity contribution in [1.82, 2.24) is 0 Å². The Labute approximate surface area is 38.1 Å². The normalized spacial score (nSPS) is 8.83. The number of hydrogen-bond acceptors (Lipinski definition) is 3. The number of rotatable bonds is 2. The van der Waals surface area contributed by atoms with Crippen LogP contribution in [0.15, 0.2) is 4.66 Å². The lowest BCUT2D eigenvalue weighted by Gasteiger charge is -1.76. The van der Waals surface area contributed by atoms with Gasteiger partial charge in [-0.3, -0.25) is 0 Å². The second-order valence-corrected chi connectivity index (χ2v) is 1.82. The minimum Gasteiger partial charge on any atom is -0.405 e. The molecule has 0 saturated heterocycles. The minimum absolute atomic E-state index is 0.877. The minimum atomic E-state index is -0.877. The van der Waals surface area contributed by atoms with Gasteiger partial charge in [0.1, 0.15) is 0 Å². The smallest absolute Gasteiger partial charge is 0.301 e. The summed E-state index contributed by atoms with van der Waals surface area (Å²) < 4.78 is 7.69. The third kappa shape index (κ3) is 3.56. The molecule has 0 bridgehead atoms. The van der Waals surface area contributed by atoms with Crippen LogP contribution >= 0.6 is 0 Å². The first kappa shape index (κ1) is 5.56. The number of nitrogens with zero attached hydrogens (tertiary/aromatic N) is 1. The predicted molar refractivity (Wildman–Crippen MR) is 23.7 cm³/mol. The van der Waals surface area contributed by atoms with Crippen LogP contribution in [0.3, 0.4) is 0 Å². The molecule has 0 amide bonds. The summed E-state index contributed by atoms with van der Waals surface area (Å²) in [6, 6.07) is 0. The predicted octanol–water partition coefficient (Wildman–Crippen LogP) is -1.03. The van der Waals surface area contributed by atoms with Crippen molar-refractivity contribution in [2.75, 3.05) is 7.11 Å². The molecule has 34 valence electrons. The molecule has 0 aliphatic carbocycles. The van der Waals surface area contributed by atoms with Crippen LogP contribution in [-0.2, 0) is 9.22 Å². The molecule has 0 aromatic carbocycles. The van der Waals surface area contributed by atoms with Gasteiger partial charge in [0.15, 0.2) is 0 Å². The monoisotopic (exact) mass is 103 g/mol. The highest BCUT2D eigenvalue weighted by Crippen LogP contribution is 1.55. The van der Waals surface area contributed by atoms with Gasteiger partial charge in [-0.05, 0) is 0 Å². The molecule has 0 radical (unpaired) electrons. The molecule has 6 heavy (non-hydrogen) atoms. The van der Waals surface area contributed by atoms with Crippen molar-refractivity contribution in [1.29, 1.82) is 0 Å². The Bertz CT molecular complexity index is 67.9. The highest BCUT2D eigenvalue weighted by molar-refractivity contribution is 6.25. The van der Waals surface area contributed by atoms with Crippen molar-refractivity contribution in [3.05, 3.63) is 0 Å². The van der Waals surface area contributed by atoms with Crippen LogP contribution in [0, 0.1) is 0 Å². The summed E-state index contributed by atoms with van der Waals surface area (Å²) in [5, 5.41) is 0. The molecule has 0 heterocycles. The average molecular weight is 103 g/mol. The Hall–Kier alpha value is -0.443. The van der Waals surface area contributed by atoms with Gasteiger partial charge in [0, 0.05) is 7.11 Å². The van der Waals surface area contributed by atoms with E-state index in [9.17, 15) is 4.79 Å². The Balaban J connectivity index is 2.86. The van der Waals surface area contributed by atoms with E-state index in [0.29, 0.717) is 0 Å². The van der Waals surface area contributed by atoms with E-state index in [1.54, 1.807) is 0 Å². The molecule has 4 heteroatoms. The maximum Gasteiger partial charge on any atom is 0.301 e. The Morgan fingerprint density at radius 2 is 2.67 bits per heavy atom. The van der Waals surface area contributed by atoms with E-state index in [0.717, 1.165) is 0 Å².